The van der Waals surface area contributed by atoms with E-state index in [1.165, 1.54) is 0 Å². The second-order valence-electron chi connectivity index (χ2n) is 7.78. The third kappa shape index (κ3) is 4.31. The molecule has 0 saturated carbocycles. The van der Waals surface area contributed by atoms with E-state index in [1.54, 1.807) is 25.5 Å². The minimum atomic E-state index is 0.468. The summed E-state index contributed by atoms with van der Waals surface area (Å²) in [5, 5.41) is 16.9. The van der Waals surface area contributed by atoms with Gasteiger partial charge in [-0.2, -0.15) is 0 Å². The van der Waals surface area contributed by atoms with Gasteiger partial charge < -0.3 is 10.5 Å². The van der Waals surface area contributed by atoms with Crippen molar-refractivity contribution in [3.8, 4) is 22.5 Å². The number of fused-ring (bicyclic) bond motifs is 1. The van der Waals surface area contributed by atoms with Gasteiger partial charge in [-0.05, 0) is 42.3 Å². The first-order valence-corrected chi connectivity index (χ1v) is 10.9. The maximum Gasteiger partial charge on any atom is 0.163 e. The highest BCUT2D eigenvalue weighted by Gasteiger charge is 2.15. The molecule has 0 unspecified atom stereocenters. The number of nitrogens with one attached hydrogen (secondary N) is 1. The highest BCUT2D eigenvalue weighted by molar-refractivity contribution is 6.03. The molecule has 34 heavy (non-hydrogen) atoms. The van der Waals surface area contributed by atoms with Crippen LogP contribution in [0, 0.1) is 0 Å². The number of pyridine rings is 2. The van der Waals surface area contributed by atoms with Gasteiger partial charge in [0.1, 0.15) is 5.82 Å². The number of anilines is 1. The largest absolute Gasteiger partial charge is 0.411 e. The molecule has 3 aromatic heterocycles. The molecule has 166 valence electrons. The molecule has 5 aromatic rings. The third-order valence-corrected chi connectivity index (χ3v) is 5.54. The summed E-state index contributed by atoms with van der Waals surface area (Å²) < 4.78 is 0. The molecule has 0 radical (unpaired) electrons. The fraction of sp³-hybridized carbons (Fsp3) is 0.0741. The second-order valence-corrected chi connectivity index (χ2v) is 7.78. The van der Waals surface area contributed by atoms with Crippen molar-refractivity contribution in [2.24, 2.45) is 5.16 Å². The average molecular weight is 447 g/mol. The van der Waals surface area contributed by atoms with E-state index in [0.717, 1.165) is 33.3 Å². The first kappa shape index (κ1) is 21.2. The number of nitrogens with zero attached hydrogens (tertiary/aromatic N) is 5. The van der Waals surface area contributed by atoms with E-state index in [1.807, 2.05) is 54.6 Å². The zero-order valence-electron chi connectivity index (χ0n) is 18.6. The molecule has 0 aliphatic rings. The lowest BCUT2D eigenvalue weighted by Gasteiger charge is -2.14. The number of hydrogen-bond acceptors (Lipinski definition) is 7. The van der Waals surface area contributed by atoms with Gasteiger partial charge in [-0.1, -0.05) is 53.7 Å². The fourth-order valence-electron chi connectivity index (χ4n) is 3.79. The number of oxime groups is 1. The molecule has 7 heteroatoms. The quantitative estimate of drug-likeness (QED) is 0.201. The summed E-state index contributed by atoms with van der Waals surface area (Å²) >= 11 is 0. The molecule has 2 N–H and O–H groups in total. The van der Waals surface area contributed by atoms with Crippen molar-refractivity contribution < 1.29 is 5.21 Å². The van der Waals surface area contributed by atoms with Crippen LogP contribution >= 0.6 is 0 Å². The van der Waals surface area contributed by atoms with Crippen LogP contribution in [-0.2, 0) is 6.54 Å². The van der Waals surface area contributed by atoms with Crippen LogP contribution in [-0.4, -0.2) is 30.9 Å². The highest BCUT2D eigenvalue weighted by atomic mass is 16.4. The summed E-state index contributed by atoms with van der Waals surface area (Å²) in [6.45, 7) is 2.23. The maximum atomic E-state index is 9.17. The zero-order chi connectivity index (χ0) is 23.3. The Morgan fingerprint density at radius 2 is 1.76 bits per heavy atom. The van der Waals surface area contributed by atoms with Crippen molar-refractivity contribution in [2.45, 2.75) is 13.5 Å². The molecule has 0 fully saturated rings. The lowest BCUT2D eigenvalue weighted by molar-refractivity contribution is 0.319. The molecule has 0 atom stereocenters. The molecule has 2 aromatic carbocycles. The first-order chi connectivity index (χ1) is 16.7. The van der Waals surface area contributed by atoms with Gasteiger partial charge in [-0.15, -0.1) is 0 Å². The molecule has 0 aliphatic carbocycles. The minimum Gasteiger partial charge on any atom is -0.411 e. The van der Waals surface area contributed by atoms with E-state index in [-0.39, 0.29) is 0 Å². The summed E-state index contributed by atoms with van der Waals surface area (Å²) in [6, 6.07) is 24.0. The predicted octanol–water partition coefficient (Wildman–Crippen LogP) is 5.56. The Kier molecular flexibility index (Phi) is 5.90. The molecule has 3 heterocycles. The van der Waals surface area contributed by atoms with Crippen molar-refractivity contribution in [3.05, 3.63) is 103 Å². The van der Waals surface area contributed by atoms with Gasteiger partial charge in [0, 0.05) is 29.7 Å². The molecule has 0 amide bonds. The Morgan fingerprint density at radius 3 is 2.56 bits per heavy atom. The number of aromatic nitrogens is 4. The summed E-state index contributed by atoms with van der Waals surface area (Å²) in [5.74, 6) is 1.24. The van der Waals surface area contributed by atoms with Crippen LogP contribution < -0.4 is 5.32 Å². The van der Waals surface area contributed by atoms with Crippen LogP contribution in [0.5, 0.6) is 0 Å². The van der Waals surface area contributed by atoms with Crippen LogP contribution in [0.25, 0.3) is 33.4 Å². The first-order valence-electron chi connectivity index (χ1n) is 10.9. The molecule has 0 spiro atoms. The highest BCUT2D eigenvalue weighted by Crippen LogP contribution is 2.34. The van der Waals surface area contributed by atoms with E-state index in [0.29, 0.717) is 29.5 Å². The van der Waals surface area contributed by atoms with Gasteiger partial charge >= 0.3 is 0 Å². The molecule has 7 nitrogen and oxygen atoms in total. The third-order valence-electron chi connectivity index (χ3n) is 5.54. The average Bonchev–Trinajstić information content (AvgIpc) is 2.92. The number of rotatable bonds is 6. The molecule has 5 rings (SSSR count). The monoisotopic (exact) mass is 446 g/mol. The van der Waals surface area contributed by atoms with Crippen molar-refractivity contribution in [3.63, 3.8) is 0 Å². The Bertz CT molecular complexity index is 1470. The van der Waals surface area contributed by atoms with Gasteiger partial charge in [0.15, 0.2) is 5.82 Å². The van der Waals surface area contributed by atoms with Crippen molar-refractivity contribution in [2.75, 3.05) is 5.32 Å². The van der Waals surface area contributed by atoms with Gasteiger partial charge in [-0.3, -0.25) is 9.97 Å². The van der Waals surface area contributed by atoms with Crippen molar-refractivity contribution in [1.82, 2.24) is 19.9 Å². The summed E-state index contributed by atoms with van der Waals surface area (Å²) in [4.78, 5) is 18.5. The zero-order valence-corrected chi connectivity index (χ0v) is 18.6. The van der Waals surface area contributed by atoms with Crippen LogP contribution in [0.1, 0.15) is 18.2 Å². The minimum absolute atomic E-state index is 0.468. The van der Waals surface area contributed by atoms with Crippen LogP contribution in [0.15, 0.2) is 96.5 Å². The van der Waals surface area contributed by atoms with Crippen LogP contribution in [0.4, 0.5) is 5.82 Å². The SMILES string of the molecule is C/C(=N\O)c1cncc(-c2nc(NCc3ccccn3)c3c(-c4ccccc4)cccc3n2)c1. The van der Waals surface area contributed by atoms with E-state index >= 15 is 0 Å². The normalized spacial score (nSPS) is 11.5. The Labute approximate surface area is 196 Å². The van der Waals surface area contributed by atoms with E-state index in [4.69, 9.17) is 15.2 Å². The van der Waals surface area contributed by atoms with Gasteiger partial charge in [-0.25, -0.2) is 9.97 Å². The molecular formula is C27H22N6O. The lowest BCUT2D eigenvalue weighted by atomic mass is 10.0. The van der Waals surface area contributed by atoms with Gasteiger partial charge in [0.25, 0.3) is 0 Å². The molecule has 0 aliphatic heterocycles. The molecular weight excluding hydrogens is 424 g/mol. The molecule has 0 bridgehead atoms. The Morgan fingerprint density at radius 1 is 0.912 bits per heavy atom. The number of hydrogen-bond donors (Lipinski definition) is 2. The maximum absolute atomic E-state index is 9.17. The summed E-state index contributed by atoms with van der Waals surface area (Å²) in [5.41, 5.74) is 5.75. The smallest absolute Gasteiger partial charge is 0.163 e. The van der Waals surface area contributed by atoms with Crippen LogP contribution in [0.3, 0.4) is 0 Å². The summed E-state index contributed by atoms with van der Waals surface area (Å²) in [6.07, 6.45) is 5.13. The van der Waals surface area contributed by atoms with Crippen LogP contribution in [0.2, 0.25) is 0 Å². The number of benzene rings is 2. The van der Waals surface area contributed by atoms with E-state index in [2.05, 4.69) is 38.6 Å². The molecule has 0 saturated heterocycles. The van der Waals surface area contributed by atoms with Gasteiger partial charge in [0.2, 0.25) is 0 Å². The Hall–Kier alpha value is -4.65. The standard InChI is InChI=1S/C27H22N6O/c1-18(33-34)20-14-21(16-28-15-20)26-31-24-12-7-11-23(19-8-3-2-4-9-19)25(24)27(32-26)30-17-22-10-5-6-13-29-22/h2-16,34H,17H2,1H3,(H,30,31,32)/b33-18+. The lowest BCUT2D eigenvalue weighted by Crippen LogP contribution is -2.06. The van der Waals surface area contributed by atoms with Crippen molar-refractivity contribution >= 4 is 22.4 Å². The fourth-order valence-corrected chi connectivity index (χ4v) is 3.79. The van der Waals surface area contributed by atoms with E-state index < -0.39 is 0 Å². The Balaban J connectivity index is 1.67. The summed E-state index contributed by atoms with van der Waals surface area (Å²) in [7, 11) is 0. The second kappa shape index (κ2) is 9.46. The van der Waals surface area contributed by atoms with Gasteiger partial charge in [0.05, 0.1) is 28.9 Å². The van der Waals surface area contributed by atoms with E-state index in [9.17, 15) is 0 Å². The predicted molar refractivity (Wildman–Crippen MR) is 134 cm³/mol. The topological polar surface area (TPSA) is 96.2 Å². The van der Waals surface area contributed by atoms with Crippen molar-refractivity contribution in [1.29, 1.82) is 0 Å².